The molecular weight excluding hydrogens is 222 g/mol. The molecule has 15 heavy (non-hydrogen) atoms. The van der Waals surface area contributed by atoms with Crippen molar-refractivity contribution < 1.29 is 14.8 Å². The molecular formula is C9H8ClNO4. The minimum atomic E-state index is -0.750. The summed E-state index contributed by atoms with van der Waals surface area (Å²) in [6.45, 7) is 0. The zero-order valence-electron chi connectivity index (χ0n) is 7.81. The smallest absolute Gasteiger partial charge is 0.337 e. The fourth-order valence-corrected chi connectivity index (χ4v) is 1.12. The molecule has 0 aliphatic rings. The molecule has 0 aliphatic carbocycles. The second-order valence-corrected chi connectivity index (χ2v) is 3.01. The number of nitrogens with zero attached hydrogens (tertiary/aromatic N) is 1. The summed E-state index contributed by atoms with van der Waals surface area (Å²) in [6, 6.07) is 4.62. The van der Waals surface area contributed by atoms with Crippen LogP contribution < -0.4 is 4.74 Å². The highest BCUT2D eigenvalue weighted by Crippen LogP contribution is 2.31. The van der Waals surface area contributed by atoms with E-state index in [1.54, 1.807) is 6.07 Å². The van der Waals surface area contributed by atoms with Crippen molar-refractivity contribution in [2.24, 2.45) is 0 Å². The van der Waals surface area contributed by atoms with E-state index in [4.69, 9.17) is 16.3 Å². The van der Waals surface area contributed by atoms with E-state index in [1.165, 1.54) is 19.2 Å². The number of methoxy groups -OCH3 is 1. The van der Waals surface area contributed by atoms with Crippen LogP contribution in [0.2, 0.25) is 0 Å². The normalized spacial score (nSPS) is 11.2. The van der Waals surface area contributed by atoms with Crippen molar-refractivity contribution in [1.82, 2.24) is 0 Å². The summed E-state index contributed by atoms with van der Waals surface area (Å²) in [7, 11) is 1.39. The third kappa shape index (κ3) is 2.60. The number of ether oxygens (including phenoxy) is 1. The topological polar surface area (TPSA) is 72.6 Å². The summed E-state index contributed by atoms with van der Waals surface area (Å²) in [5.74, 6) is 0.0524. The summed E-state index contributed by atoms with van der Waals surface area (Å²) in [6.07, 6.45) is 1.05. The molecule has 0 amide bonds. The van der Waals surface area contributed by atoms with Gasteiger partial charge in [-0.15, -0.1) is 0 Å². The maximum absolute atomic E-state index is 10.3. The van der Waals surface area contributed by atoms with Crippen LogP contribution in [-0.2, 0) is 0 Å². The van der Waals surface area contributed by atoms with Crippen LogP contribution in [0.5, 0.6) is 11.5 Å². The number of phenols is 1. The van der Waals surface area contributed by atoms with Gasteiger partial charge in [0.05, 0.1) is 12.0 Å². The Morgan fingerprint density at radius 1 is 1.67 bits per heavy atom. The quantitative estimate of drug-likeness (QED) is 0.490. The minimum absolute atomic E-state index is 0.181. The van der Waals surface area contributed by atoms with E-state index in [1.807, 2.05) is 0 Å². The van der Waals surface area contributed by atoms with E-state index in [0.29, 0.717) is 0 Å². The third-order valence-electron chi connectivity index (χ3n) is 1.70. The van der Waals surface area contributed by atoms with Gasteiger partial charge in [-0.25, -0.2) is 0 Å². The van der Waals surface area contributed by atoms with E-state index in [9.17, 15) is 15.2 Å². The summed E-state index contributed by atoms with van der Waals surface area (Å²) < 4.78 is 4.84. The molecule has 1 aromatic rings. The van der Waals surface area contributed by atoms with Crippen LogP contribution in [0.4, 0.5) is 0 Å². The van der Waals surface area contributed by atoms with Gasteiger partial charge < -0.3 is 9.84 Å². The van der Waals surface area contributed by atoms with Crippen LogP contribution in [0.15, 0.2) is 23.4 Å². The van der Waals surface area contributed by atoms with Gasteiger partial charge in [0.25, 0.3) is 0 Å². The molecule has 0 fully saturated rings. The Hall–Kier alpha value is -1.75. The molecule has 0 saturated heterocycles. The highest BCUT2D eigenvalue weighted by atomic mass is 35.5. The molecule has 80 valence electrons. The molecule has 0 bridgehead atoms. The number of nitro groups is 1. The first kappa shape index (κ1) is 11.3. The second kappa shape index (κ2) is 4.65. The molecule has 5 nitrogen and oxygen atoms in total. The van der Waals surface area contributed by atoms with Gasteiger partial charge in [0.2, 0.25) is 0 Å². The summed E-state index contributed by atoms with van der Waals surface area (Å²) >= 11 is 5.33. The molecule has 1 rings (SSSR count). The largest absolute Gasteiger partial charge is 0.504 e. The molecule has 0 unspecified atom stereocenters. The molecule has 0 heterocycles. The van der Waals surface area contributed by atoms with Crippen molar-refractivity contribution in [3.05, 3.63) is 39.0 Å². The van der Waals surface area contributed by atoms with E-state index < -0.39 is 10.1 Å². The summed E-state index contributed by atoms with van der Waals surface area (Å²) in [4.78, 5) is 9.51. The van der Waals surface area contributed by atoms with Gasteiger partial charge >= 0.3 is 5.16 Å². The predicted octanol–water partition coefficient (Wildman–Crippen LogP) is 2.21. The molecule has 0 atom stereocenters. The first-order valence-electron chi connectivity index (χ1n) is 3.94. The predicted molar refractivity (Wildman–Crippen MR) is 55.5 cm³/mol. The minimum Gasteiger partial charge on any atom is -0.504 e. The number of para-hydroxylation sites is 1. The van der Waals surface area contributed by atoms with Crippen LogP contribution in [0.1, 0.15) is 5.56 Å². The maximum Gasteiger partial charge on any atom is 0.337 e. The number of rotatable bonds is 3. The van der Waals surface area contributed by atoms with Crippen LogP contribution in [-0.4, -0.2) is 17.1 Å². The fourth-order valence-electron chi connectivity index (χ4n) is 1.00. The van der Waals surface area contributed by atoms with E-state index in [2.05, 4.69) is 0 Å². The molecule has 1 N–H and O–H groups in total. The molecule has 1 aromatic carbocycles. The molecule has 0 aromatic heterocycles. The Bertz CT molecular complexity index is 417. The number of phenolic OH excluding ortho intramolecular Hbond substituents is 1. The SMILES string of the molecule is COc1cccc(/C=C(\Cl)[N+](=O)[O-])c1O. The lowest BCUT2D eigenvalue weighted by Gasteiger charge is -2.04. The van der Waals surface area contributed by atoms with Gasteiger partial charge in [0.15, 0.2) is 11.5 Å². The molecule has 6 heteroatoms. The summed E-state index contributed by atoms with van der Waals surface area (Å²) in [5, 5.41) is 19.3. The number of benzene rings is 1. The second-order valence-electron chi connectivity index (χ2n) is 2.62. The zero-order chi connectivity index (χ0) is 11.4. The van der Waals surface area contributed by atoms with Crippen LogP contribution >= 0.6 is 11.6 Å². The maximum atomic E-state index is 10.3. The lowest BCUT2D eigenvalue weighted by molar-refractivity contribution is -0.410. The van der Waals surface area contributed by atoms with Gasteiger partial charge in [-0.1, -0.05) is 12.1 Å². The molecule has 0 aliphatic heterocycles. The standard InChI is InChI=1S/C9H8ClNO4/c1-15-7-4-2-3-6(9(7)12)5-8(10)11(13)14/h2-5,12H,1H3/b8-5+. The van der Waals surface area contributed by atoms with Gasteiger partial charge in [0.1, 0.15) is 0 Å². The third-order valence-corrected chi connectivity index (χ3v) is 1.95. The van der Waals surface area contributed by atoms with Gasteiger partial charge in [0, 0.05) is 11.6 Å². The highest BCUT2D eigenvalue weighted by Gasteiger charge is 2.10. The number of halogens is 1. The zero-order valence-corrected chi connectivity index (χ0v) is 8.56. The van der Waals surface area contributed by atoms with Crippen molar-refractivity contribution in [3.8, 4) is 11.5 Å². The first-order valence-corrected chi connectivity index (χ1v) is 4.31. The van der Waals surface area contributed by atoms with Crippen LogP contribution in [0.3, 0.4) is 0 Å². The Kier molecular flexibility index (Phi) is 3.51. The Balaban J connectivity index is 3.16. The number of aromatic hydroxyl groups is 1. The lowest BCUT2D eigenvalue weighted by atomic mass is 10.2. The van der Waals surface area contributed by atoms with Crippen molar-refractivity contribution in [1.29, 1.82) is 0 Å². The fraction of sp³-hybridized carbons (Fsp3) is 0.111. The Morgan fingerprint density at radius 3 is 2.87 bits per heavy atom. The van der Waals surface area contributed by atoms with Gasteiger partial charge in [-0.2, -0.15) is 0 Å². The lowest BCUT2D eigenvalue weighted by Crippen LogP contribution is -1.91. The Labute approximate surface area is 90.7 Å². The summed E-state index contributed by atoms with van der Waals surface area (Å²) in [5.41, 5.74) is 0.232. The van der Waals surface area contributed by atoms with Crippen LogP contribution in [0.25, 0.3) is 6.08 Å². The van der Waals surface area contributed by atoms with Gasteiger partial charge in [-0.3, -0.25) is 10.1 Å². The monoisotopic (exact) mass is 229 g/mol. The average molecular weight is 230 g/mol. The number of hydrogen-bond acceptors (Lipinski definition) is 4. The van der Waals surface area contributed by atoms with E-state index in [0.717, 1.165) is 6.08 Å². The number of hydrogen-bond donors (Lipinski definition) is 1. The van der Waals surface area contributed by atoms with Gasteiger partial charge in [-0.05, 0) is 17.7 Å². The molecule has 0 spiro atoms. The van der Waals surface area contributed by atoms with Crippen molar-refractivity contribution >= 4 is 17.7 Å². The van der Waals surface area contributed by atoms with E-state index >= 15 is 0 Å². The van der Waals surface area contributed by atoms with Crippen LogP contribution in [0, 0.1) is 10.1 Å². The van der Waals surface area contributed by atoms with Crippen molar-refractivity contribution in [2.45, 2.75) is 0 Å². The van der Waals surface area contributed by atoms with Crippen molar-refractivity contribution in [3.63, 3.8) is 0 Å². The highest BCUT2D eigenvalue weighted by molar-refractivity contribution is 6.29. The molecule has 0 saturated carbocycles. The Morgan fingerprint density at radius 2 is 2.33 bits per heavy atom. The van der Waals surface area contributed by atoms with E-state index in [-0.39, 0.29) is 17.1 Å². The molecule has 0 radical (unpaired) electrons. The average Bonchev–Trinajstić information content (AvgIpc) is 2.21. The van der Waals surface area contributed by atoms with Crippen molar-refractivity contribution in [2.75, 3.05) is 7.11 Å². The first-order chi connectivity index (χ1) is 7.06.